The summed E-state index contributed by atoms with van der Waals surface area (Å²) in [6, 6.07) is 0. The Labute approximate surface area is 199 Å². The molecule has 0 aliphatic heterocycles. The number of carbonyl (C=O) groups excluding carboxylic acids is 2. The van der Waals surface area contributed by atoms with Gasteiger partial charge in [-0.15, -0.1) is 0 Å². The highest BCUT2D eigenvalue weighted by Gasteiger charge is 2.69. The van der Waals surface area contributed by atoms with Gasteiger partial charge in [-0.05, 0) is 68.1 Å². The molecular formula is C21H32O11S2. The van der Waals surface area contributed by atoms with Gasteiger partial charge < -0.3 is 5.11 Å². The minimum atomic E-state index is -4.85. The molecule has 0 saturated heterocycles. The molecule has 0 amide bonds. The molecule has 0 aromatic rings. The maximum atomic E-state index is 13.6. The van der Waals surface area contributed by atoms with Gasteiger partial charge in [0.2, 0.25) is 0 Å². The summed E-state index contributed by atoms with van der Waals surface area (Å²) < 4.78 is 71.1. The maximum absolute atomic E-state index is 13.6. The third-order valence-corrected chi connectivity index (χ3v) is 10.4. The van der Waals surface area contributed by atoms with Crippen LogP contribution in [0.25, 0.3) is 0 Å². The number of aliphatic hydroxyl groups is 1. The first-order valence-corrected chi connectivity index (χ1v) is 14.3. The first kappa shape index (κ1) is 26.1. The molecular weight excluding hydrogens is 492 g/mol. The Morgan fingerprint density at radius 3 is 2.32 bits per heavy atom. The van der Waals surface area contributed by atoms with Gasteiger partial charge in [0.05, 0.1) is 6.10 Å². The Balaban J connectivity index is 1.57. The van der Waals surface area contributed by atoms with E-state index in [4.69, 9.17) is 13.3 Å². The molecule has 3 N–H and O–H groups in total. The van der Waals surface area contributed by atoms with Crippen molar-refractivity contribution in [3.8, 4) is 0 Å². The maximum Gasteiger partial charge on any atom is 0.397 e. The lowest BCUT2D eigenvalue weighted by Crippen LogP contribution is -2.62. The summed E-state index contributed by atoms with van der Waals surface area (Å²) in [4.78, 5) is 26.5. The highest BCUT2D eigenvalue weighted by Crippen LogP contribution is 2.67. The van der Waals surface area contributed by atoms with E-state index in [0.29, 0.717) is 32.1 Å². The van der Waals surface area contributed by atoms with Crippen LogP contribution >= 0.6 is 0 Å². The smallest absolute Gasteiger partial charge is 0.381 e. The van der Waals surface area contributed by atoms with Gasteiger partial charge in [0, 0.05) is 17.8 Å². The van der Waals surface area contributed by atoms with Crippen LogP contribution in [-0.4, -0.2) is 60.9 Å². The zero-order valence-corrected chi connectivity index (χ0v) is 20.8. The molecule has 0 bridgehead atoms. The van der Waals surface area contributed by atoms with Gasteiger partial charge in [-0.2, -0.15) is 16.8 Å². The fourth-order valence-electron chi connectivity index (χ4n) is 8.00. The lowest BCUT2D eigenvalue weighted by atomic mass is 9.44. The number of ketones is 2. The van der Waals surface area contributed by atoms with Crippen LogP contribution in [0.2, 0.25) is 0 Å². The summed E-state index contributed by atoms with van der Waals surface area (Å²) in [6.45, 7) is 2.75. The summed E-state index contributed by atoms with van der Waals surface area (Å²) in [5.41, 5.74) is -3.42. The molecule has 8 atom stereocenters. The van der Waals surface area contributed by atoms with E-state index in [1.54, 1.807) is 6.92 Å². The lowest BCUT2D eigenvalue weighted by molar-refractivity contribution is -0.179. The van der Waals surface area contributed by atoms with Gasteiger partial charge in [0.25, 0.3) is 0 Å². The van der Waals surface area contributed by atoms with Crippen molar-refractivity contribution in [1.29, 1.82) is 0 Å². The third-order valence-electron chi connectivity index (χ3n) is 9.52. The number of carbonyl (C=O) groups is 2. The van der Waals surface area contributed by atoms with E-state index in [2.05, 4.69) is 4.18 Å². The van der Waals surface area contributed by atoms with E-state index in [1.165, 1.54) is 0 Å². The van der Waals surface area contributed by atoms with Crippen LogP contribution < -0.4 is 0 Å². The molecule has 11 nitrogen and oxygen atoms in total. The molecule has 0 heterocycles. The Bertz CT molecular complexity index is 1090. The minimum Gasteiger partial charge on any atom is -0.381 e. The zero-order valence-electron chi connectivity index (χ0n) is 19.2. The summed E-state index contributed by atoms with van der Waals surface area (Å²) >= 11 is 0. The Hall–Kier alpha value is -0.960. The topological polar surface area (TPSA) is 182 Å². The summed E-state index contributed by atoms with van der Waals surface area (Å²) in [5, 5.41) is 11.4. The fourth-order valence-corrected chi connectivity index (χ4v) is 8.78. The van der Waals surface area contributed by atoms with Crippen LogP contribution in [0.15, 0.2) is 0 Å². The van der Waals surface area contributed by atoms with Crippen LogP contribution in [0.1, 0.15) is 65.2 Å². The van der Waals surface area contributed by atoms with Crippen molar-refractivity contribution in [2.45, 2.75) is 76.9 Å². The zero-order chi connectivity index (χ0) is 25.3. The van der Waals surface area contributed by atoms with Gasteiger partial charge in [-0.25, -0.2) is 8.37 Å². The van der Waals surface area contributed by atoms with Crippen molar-refractivity contribution in [3.05, 3.63) is 0 Å². The van der Waals surface area contributed by atoms with Crippen molar-refractivity contribution in [2.75, 3.05) is 6.61 Å². The van der Waals surface area contributed by atoms with Crippen LogP contribution in [0, 0.1) is 34.5 Å². The molecule has 0 spiro atoms. The van der Waals surface area contributed by atoms with Crippen LogP contribution in [0.4, 0.5) is 0 Å². The third kappa shape index (κ3) is 4.27. The van der Waals surface area contributed by atoms with Crippen molar-refractivity contribution < 1.29 is 49.0 Å². The summed E-state index contributed by atoms with van der Waals surface area (Å²) in [7, 11) is -9.42. The average molecular weight is 525 g/mol. The van der Waals surface area contributed by atoms with E-state index in [1.807, 2.05) is 6.92 Å². The van der Waals surface area contributed by atoms with E-state index in [0.717, 1.165) is 6.42 Å². The standard InChI is InChI=1S/C21H32O11S2/c1-19-7-5-13(32-34(28,29)30)9-12(19)3-4-14-15-6-8-21(24,17(23)11-31-33(25,26)27)20(15,2)10-16(22)18(14)19/h12-15,18,24H,3-11H2,1-2H3,(H,25,26,27)(H,28,29,30)/t12-,13+,14-,15-,18+,19-,20-,21-/m0/s1. The number of hydrogen-bond donors (Lipinski definition) is 3. The van der Waals surface area contributed by atoms with E-state index >= 15 is 0 Å². The van der Waals surface area contributed by atoms with Gasteiger partial charge in [0.1, 0.15) is 18.0 Å². The first-order chi connectivity index (χ1) is 15.5. The molecule has 4 aliphatic carbocycles. The predicted octanol–water partition coefficient (Wildman–Crippen LogP) is 1.52. The number of Topliss-reactive ketones (excluding diaryl/α,β-unsaturated/α-hetero) is 2. The Morgan fingerprint density at radius 2 is 1.71 bits per heavy atom. The van der Waals surface area contributed by atoms with Crippen LogP contribution in [0.3, 0.4) is 0 Å². The quantitative estimate of drug-likeness (QED) is 0.428. The van der Waals surface area contributed by atoms with Crippen LogP contribution in [0.5, 0.6) is 0 Å². The summed E-state index contributed by atoms with van der Waals surface area (Å²) in [5.74, 6) is -1.41. The second-order valence-corrected chi connectivity index (χ2v) is 13.2. The number of rotatable bonds is 6. The molecule has 34 heavy (non-hydrogen) atoms. The molecule has 4 saturated carbocycles. The highest BCUT2D eigenvalue weighted by molar-refractivity contribution is 7.81. The Morgan fingerprint density at radius 1 is 1.03 bits per heavy atom. The molecule has 4 aliphatic rings. The average Bonchev–Trinajstić information content (AvgIpc) is 2.96. The van der Waals surface area contributed by atoms with Crippen molar-refractivity contribution in [3.63, 3.8) is 0 Å². The molecule has 4 fully saturated rings. The normalized spacial score (nSPS) is 44.7. The van der Waals surface area contributed by atoms with Crippen LogP contribution in [-0.2, 0) is 38.8 Å². The van der Waals surface area contributed by atoms with E-state index in [9.17, 15) is 31.5 Å². The molecule has 4 rings (SSSR count). The van der Waals surface area contributed by atoms with E-state index < -0.39 is 50.3 Å². The fraction of sp³-hybridized carbons (Fsp3) is 0.905. The SMILES string of the molecule is C[C@]12CC[C@@H](OS(=O)(=O)O)C[C@@H]1CC[C@@H]1[C@@H]2C(=O)C[C@@]2(C)[C@H]1CC[C@]2(O)C(=O)COS(=O)(=O)O. The highest BCUT2D eigenvalue weighted by atomic mass is 32.3. The van der Waals surface area contributed by atoms with Crippen molar-refractivity contribution in [1.82, 2.24) is 0 Å². The lowest BCUT2D eigenvalue weighted by Gasteiger charge is -2.60. The minimum absolute atomic E-state index is 0.0348. The molecule has 13 heteroatoms. The van der Waals surface area contributed by atoms with Gasteiger partial charge in [-0.3, -0.25) is 18.7 Å². The van der Waals surface area contributed by atoms with Crippen molar-refractivity contribution in [2.24, 2.45) is 34.5 Å². The Kier molecular flexibility index (Phi) is 6.36. The predicted molar refractivity (Wildman–Crippen MR) is 116 cm³/mol. The second-order valence-electron chi connectivity index (χ2n) is 11.0. The second kappa shape index (κ2) is 8.29. The molecule has 0 unspecified atom stereocenters. The number of fused-ring (bicyclic) bond motifs is 5. The first-order valence-electron chi connectivity index (χ1n) is 11.6. The summed E-state index contributed by atoms with van der Waals surface area (Å²) in [6.07, 6.45) is 2.65. The largest absolute Gasteiger partial charge is 0.397 e. The van der Waals surface area contributed by atoms with Crippen molar-refractivity contribution >= 4 is 32.4 Å². The van der Waals surface area contributed by atoms with E-state index in [-0.39, 0.29) is 47.7 Å². The molecule has 194 valence electrons. The molecule has 0 aromatic heterocycles. The van der Waals surface area contributed by atoms with Gasteiger partial charge in [0.15, 0.2) is 5.78 Å². The number of hydrogen-bond acceptors (Lipinski definition) is 9. The molecule has 0 radical (unpaired) electrons. The monoisotopic (exact) mass is 524 g/mol. The van der Waals surface area contributed by atoms with Gasteiger partial charge in [-0.1, -0.05) is 13.8 Å². The van der Waals surface area contributed by atoms with Gasteiger partial charge >= 0.3 is 20.8 Å². The molecule has 0 aromatic carbocycles.